The summed E-state index contributed by atoms with van der Waals surface area (Å²) in [5.74, 6) is -2.14. The highest BCUT2D eigenvalue weighted by atomic mass is 19.1. The molecule has 5 heteroatoms. The van der Waals surface area contributed by atoms with Crippen molar-refractivity contribution in [2.45, 2.75) is 32.7 Å². The number of rotatable bonds is 4. The Morgan fingerprint density at radius 3 is 2.71 bits per heavy atom. The molecule has 0 spiro atoms. The summed E-state index contributed by atoms with van der Waals surface area (Å²) in [5.41, 5.74) is 5.40. The van der Waals surface area contributed by atoms with E-state index in [0.29, 0.717) is 6.42 Å². The van der Waals surface area contributed by atoms with E-state index < -0.39 is 29.3 Å². The van der Waals surface area contributed by atoms with Crippen LogP contribution in [0.15, 0.2) is 12.1 Å². The lowest BCUT2D eigenvalue weighted by Gasteiger charge is -2.13. The van der Waals surface area contributed by atoms with E-state index in [9.17, 15) is 13.6 Å². The Kier molecular flexibility index (Phi) is 4.57. The number of carbonyl (C=O) groups is 1. The van der Waals surface area contributed by atoms with Crippen molar-refractivity contribution in [2.75, 3.05) is 5.32 Å². The molecule has 0 fully saturated rings. The highest BCUT2D eigenvalue weighted by Gasteiger charge is 2.18. The third-order valence-electron chi connectivity index (χ3n) is 2.47. The van der Waals surface area contributed by atoms with E-state index in [4.69, 9.17) is 5.73 Å². The molecule has 1 rings (SSSR count). The van der Waals surface area contributed by atoms with E-state index in [0.717, 1.165) is 12.5 Å². The molecule has 0 bridgehead atoms. The predicted molar refractivity (Wildman–Crippen MR) is 62.6 cm³/mol. The largest absolute Gasteiger partial charge is 0.320 e. The average molecular weight is 242 g/mol. The van der Waals surface area contributed by atoms with Crippen molar-refractivity contribution >= 4 is 11.6 Å². The standard InChI is InChI=1S/C12H16F2N2O/c1-3-4-9(15)12(17)16-11-8(13)6-5-7(2)10(11)14/h5-6,9H,3-4,15H2,1-2H3,(H,16,17)/t9-/m0/s1. The Bertz CT molecular complexity index is 421. The molecule has 1 amide bonds. The van der Waals surface area contributed by atoms with Gasteiger partial charge in [-0.15, -0.1) is 0 Å². The average Bonchev–Trinajstić information content (AvgIpc) is 2.29. The molecule has 0 radical (unpaired) electrons. The number of nitrogens with two attached hydrogens (primary N) is 1. The van der Waals surface area contributed by atoms with Gasteiger partial charge in [-0.3, -0.25) is 4.79 Å². The Balaban J connectivity index is 2.88. The van der Waals surface area contributed by atoms with Crippen LogP contribution in [0.2, 0.25) is 0 Å². The maximum absolute atomic E-state index is 13.6. The van der Waals surface area contributed by atoms with Crippen LogP contribution in [-0.4, -0.2) is 11.9 Å². The zero-order chi connectivity index (χ0) is 13.0. The van der Waals surface area contributed by atoms with Crippen molar-refractivity contribution in [3.8, 4) is 0 Å². The van der Waals surface area contributed by atoms with Gasteiger partial charge < -0.3 is 11.1 Å². The molecule has 3 nitrogen and oxygen atoms in total. The summed E-state index contributed by atoms with van der Waals surface area (Å²) in [7, 11) is 0. The van der Waals surface area contributed by atoms with E-state index in [-0.39, 0.29) is 5.56 Å². The van der Waals surface area contributed by atoms with Gasteiger partial charge in [-0.05, 0) is 25.0 Å². The van der Waals surface area contributed by atoms with Crippen LogP contribution in [0.4, 0.5) is 14.5 Å². The molecular weight excluding hydrogens is 226 g/mol. The minimum atomic E-state index is -0.801. The van der Waals surface area contributed by atoms with Crippen LogP contribution in [0, 0.1) is 18.6 Å². The molecule has 0 aliphatic rings. The van der Waals surface area contributed by atoms with Crippen molar-refractivity contribution < 1.29 is 13.6 Å². The fourth-order valence-electron chi connectivity index (χ4n) is 1.43. The molecule has 0 heterocycles. The highest BCUT2D eigenvalue weighted by molar-refractivity contribution is 5.94. The Morgan fingerprint density at radius 2 is 2.12 bits per heavy atom. The molecule has 0 aliphatic carbocycles. The number of hydrogen-bond donors (Lipinski definition) is 2. The second-order valence-electron chi connectivity index (χ2n) is 3.94. The molecule has 0 aromatic heterocycles. The summed E-state index contributed by atoms with van der Waals surface area (Å²) < 4.78 is 26.9. The van der Waals surface area contributed by atoms with Gasteiger partial charge in [0.15, 0.2) is 5.82 Å². The first-order chi connectivity index (χ1) is 7.97. The zero-order valence-corrected chi connectivity index (χ0v) is 9.89. The van der Waals surface area contributed by atoms with E-state index in [2.05, 4.69) is 5.32 Å². The number of aryl methyl sites for hydroxylation is 1. The van der Waals surface area contributed by atoms with Crippen molar-refractivity contribution in [2.24, 2.45) is 5.73 Å². The molecule has 3 N–H and O–H groups in total. The summed E-state index contributed by atoms with van der Waals surface area (Å²) >= 11 is 0. The first-order valence-electron chi connectivity index (χ1n) is 5.48. The molecule has 0 saturated heterocycles. The summed E-state index contributed by atoms with van der Waals surface area (Å²) in [6.07, 6.45) is 1.20. The number of amides is 1. The molecule has 17 heavy (non-hydrogen) atoms. The topological polar surface area (TPSA) is 55.1 Å². The van der Waals surface area contributed by atoms with Crippen molar-refractivity contribution in [1.29, 1.82) is 0 Å². The number of benzene rings is 1. The molecule has 0 aliphatic heterocycles. The molecule has 1 atom stereocenters. The van der Waals surface area contributed by atoms with Gasteiger partial charge in [-0.2, -0.15) is 0 Å². The van der Waals surface area contributed by atoms with Gasteiger partial charge in [-0.25, -0.2) is 8.78 Å². The smallest absolute Gasteiger partial charge is 0.241 e. The summed E-state index contributed by atoms with van der Waals surface area (Å²) in [6, 6.07) is 1.67. The Morgan fingerprint density at radius 1 is 1.47 bits per heavy atom. The lowest BCUT2D eigenvalue weighted by Crippen LogP contribution is -2.35. The second-order valence-corrected chi connectivity index (χ2v) is 3.94. The molecule has 1 aromatic carbocycles. The van der Waals surface area contributed by atoms with Crippen molar-refractivity contribution in [3.63, 3.8) is 0 Å². The highest BCUT2D eigenvalue weighted by Crippen LogP contribution is 2.21. The third-order valence-corrected chi connectivity index (χ3v) is 2.47. The van der Waals surface area contributed by atoms with E-state index in [1.165, 1.54) is 13.0 Å². The third kappa shape index (κ3) is 3.23. The van der Waals surface area contributed by atoms with Crippen molar-refractivity contribution in [3.05, 3.63) is 29.3 Å². The quantitative estimate of drug-likeness (QED) is 0.851. The number of carbonyl (C=O) groups excluding carboxylic acids is 1. The van der Waals surface area contributed by atoms with E-state index in [1.807, 2.05) is 6.92 Å². The molecule has 1 aromatic rings. The van der Waals surface area contributed by atoms with Crippen LogP contribution in [0.25, 0.3) is 0 Å². The van der Waals surface area contributed by atoms with E-state index >= 15 is 0 Å². The van der Waals surface area contributed by atoms with Crippen LogP contribution >= 0.6 is 0 Å². The van der Waals surface area contributed by atoms with Gasteiger partial charge in [0, 0.05) is 0 Å². The number of hydrogen-bond acceptors (Lipinski definition) is 2. The van der Waals surface area contributed by atoms with Gasteiger partial charge in [0.2, 0.25) is 5.91 Å². The van der Waals surface area contributed by atoms with Crippen molar-refractivity contribution in [1.82, 2.24) is 0 Å². The molecular formula is C12H16F2N2O. The Hall–Kier alpha value is -1.49. The fourth-order valence-corrected chi connectivity index (χ4v) is 1.43. The molecule has 94 valence electrons. The van der Waals surface area contributed by atoms with Gasteiger partial charge in [-0.1, -0.05) is 19.4 Å². The van der Waals surface area contributed by atoms with Gasteiger partial charge in [0.25, 0.3) is 0 Å². The molecule has 0 unspecified atom stereocenters. The van der Waals surface area contributed by atoms with Crippen LogP contribution in [-0.2, 0) is 4.79 Å². The van der Waals surface area contributed by atoms with Crippen LogP contribution in [0.5, 0.6) is 0 Å². The van der Waals surface area contributed by atoms with Gasteiger partial charge in [0.05, 0.1) is 6.04 Å². The minimum absolute atomic E-state index is 0.269. The van der Waals surface area contributed by atoms with Crippen LogP contribution in [0.1, 0.15) is 25.3 Å². The van der Waals surface area contributed by atoms with Crippen LogP contribution < -0.4 is 11.1 Å². The van der Waals surface area contributed by atoms with Gasteiger partial charge in [0.1, 0.15) is 11.5 Å². The lowest BCUT2D eigenvalue weighted by atomic mass is 10.1. The number of nitrogens with one attached hydrogen (secondary N) is 1. The van der Waals surface area contributed by atoms with E-state index in [1.54, 1.807) is 0 Å². The Labute approximate surface area is 99.0 Å². The number of halogens is 2. The predicted octanol–water partition coefficient (Wildman–Crippen LogP) is 2.34. The lowest BCUT2D eigenvalue weighted by molar-refractivity contribution is -0.117. The SMILES string of the molecule is CCC[C@H](N)C(=O)Nc1c(F)ccc(C)c1F. The zero-order valence-electron chi connectivity index (χ0n) is 9.89. The fraction of sp³-hybridized carbons (Fsp3) is 0.417. The maximum Gasteiger partial charge on any atom is 0.241 e. The first-order valence-corrected chi connectivity index (χ1v) is 5.48. The first kappa shape index (κ1) is 13.6. The molecule has 0 saturated carbocycles. The summed E-state index contributed by atoms with van der Waals surface area (Å²) in [5, 5.41) is 2.19. The summed E-state index contributed by atoms with van der Waals surface area (Å²) in [6.45, 7) is 3.37. The second kappa shape index (κ2) is 5.72. The minimum Gasteiger partial charge on any atom is -0.320 e. The monoisotopic (exact) mass is 242 g/mol. The number of anilines is 1. The summed E-state index contributed by atoms with van der Waals surface area (Å²) in [4.78, 5) is 11.5. The normalized spacial score (nSPS) is 12.3. The van der Waals surface area contributed by atoms with Crippen LogP contribution in [0.3, 0.4) is 0 Å². The maximum atomic E-state index is 13.6. The van der Waals surface area contributed by atoms with Gasteiger partial charge >= 0.3 is 0 Å².